The number of aromatic nitrogens is 1. The largest absolute Gasteiger partial charge is 0.332 e. The van der Waals surface area contributed by atoms with Crippen molar-refractivity contribution in [1.29, 1.82) is 0 Å². The second kappa shape index (κ2) is 9.09. The Labute approximate surface area is 162 Å². The fraction of sp³-hybridized carbons (Fsp3) is 0.235. The summed E-state index contributed by atoms with van der Waals surface area (Å²) < 4.78 is 26.1. The first kappa shape index (κ1) is 20.3. The Hall–Kier alpha value is -2.00. The number of alkyl halides is 2. The Kier molecular flexibility index (Phi) is 7.10. The number of carbonyl (C=O) groups is 2. The van der Waals surface area contributed by atoms with E-state index in [0.717, 1.165) is 14.9 Å². The van der Waals surface area contributed by atoms with Crippen LogP contribution in [0.2, 0.25) is 0 Å². The van der Waals surface area contributed by atoms with Crippen LogP contribution in [-0.2, 0) is 4.79 Å². The molecule has 0 saturated heterocycles. The zero-order valence-electron chi connectivity index (χ0n) is 14.0. The Bertz CT molecular complexity index is 820. The van der Waals surface area contributed by atoms with E-state index in [1.807, 2.05) is 13.0 Å². The molecule has 1 aromatic heterocycles. The van der Waals surface area contributed by atoms with Crippen molar-refractivity contribution >= 4 is 45.2 Å². The third-order valence-electron chi connectivity index (χ3n) is 3.39. The lowest BCUT2D eigenvalue weighted by atomic mass is 10.2. The molecule has 1 heterocycles. The normalized spacial score (nSPS) is 10.7. The molecule has 0 saturated carbocycles. The van der Waals surface area contributed by atoms with Gasteiger partial charge in [-0.15, -0.1) is 0 Å². The van der Waals surface area contributed by atoms with Crippen LogP contribution in [-0.4, -0.2) is 41.0 Å². The van der Waals surface area contributed by atoms with Crippen LogP contribution in [0.1, 0.15) is 15.9 Å². The molecule has 1 N–H and O–H groups in total. The summed E-state index contributed by atoms with van der Waals surface area (Å²) in [6.07, 6.45) is 1.34. The number of likely N-dealkylation sites (N-methyl/N-ethyl adjacent to an activating group) is 1. The second-order valence-electron chi connectivity index (χ2n) is 5.40. The lowest BCUT2D eigenvalue weighted by Crippen LogP contribution is -2.35. The van der Waals surface area contributed by atoms with Gasteiger partial charge >= 0.3 is 0 Å². The van der Waals surface area contributed by atoms with Gasteiger partial charge in [0.2, 0.25) is 5.91 Å². The van der Waals surface area contributed by atoms with Gasteiger partial charge in [0.05, 0.1) is 12.1 Å². The van der Waals surface area contributed by atoms with Gasteiger partial charge in [-0.2, -0.15) is 8.78 Å². The smallest absolute Gasteiger partial charge is 0.290 e. The van der Waals surface area contributed by atoms with Crippen molar-refractivity contribution in [1.82, 2.24) is 9.88 Å². The van der Waals surface area contributed by atoms with Gasteiger partial charge in [-0.05, 0) is 54.6 Å². The van der Waals surface area contributed by atoms with Crippen molar-refractivity contribution in [3.63, 3.8) is 0 Å². The van der Waals surface area contributed by atoms with Crippen LogP contribution in [0.5, 0.6) is 0 Å². The minimum atomic E-state index is -2.69. The molecule has 0 aliphatic carbocycles. The molecule has 26 heavy (non-hydrogen) atoms. The second-order valence-corrected chi connectivity index (χ2v) is 7.30. The molecule has 0 atom stereocenters. The first-order chi connectivity index (χ1) is 12.3. The number of pyridine rings is 1. The molecule has 2 rings (SSSR count). The van der Waals surface area contributed by atoms with E-state index in [2.05, 4.69) is 26.2 Å². The molecular weight excluding hydrogens is 428 g/mol. The molecule has 0 unspecified atom stereocenters. The zero-order valence-corrected chi connectivity index (χ0v) is 16.4. The summed E-state index contributed by atoms with van der Waals surface area (Å²) in [7, 11) is 1.43. The molecule has 5 nitrogen and oxygen atoms in total. The van der Waals surface area contributed by atoms with Gasteiger partial charge in [-0.1, -0.05) is 15.9 Å². The van der Waals surface area contributed by atoms with E-state index in [1.165, 1.54) is 25.4 Å². The molecule has 138 valence electrons. The van der Waals surface area contributed by atoms with Gasteiger partial charge in [0.25, 0.3) is 11.7 Å². The number of thioether (sulfide) groups is 1. The number of halogens is 3. The number of aryl methyl sites for hydroxylation is 1. The highest BCUT2D eigenvalue weighted by Gasteiger charge is 2.21. The van der Waals surface area contributed by atoms with E-state index in [1.54, 1.807) is 12.1 Å². The number of hydrogen-bond donors (Lipinski definition) is 1. The Balaban J connectivity index is 2.06. The van der Waals surface area contributed by atoms with Crippen molar-refractivity contribution in [2.75, 3.05) is 18.9 Å². The van der Waals surface area contributed by atoms with E-state index in [9.17, 15) is 18.4 Å². The molecule has 9 heteroatoms. The molecule has 0 aliphatic heterocycles. The maximum absolute atomic E-state index is 12.6. The number of hydrogen-bond acceptors (Lipinski definition) is 4. The summed E-state index contributed by atoms with van der Waals surface area (Å²) in [6.45, 7) is 1.63. The Morgan fingerprint density at radius 3 is 2.73 bits per heavy atom. The molecule has 0 spiro atoms. The minimum Gasteiger partial charge on any atom is -0.332 e. The van der Waals surface area contributed by atoms with E-state index < -0.39 is 17.6 Å². The monoisotopic (exact) mass is 443 g/mol. The summed E-state index contributed by atoms with van der Waals surface area (Å²) in [5.74, 6) is -3.63. The summed E-state index contributed by atoms with van der Waals surface area (Å²) in [4.78, 5) is 29.7. The number of nitrogens with one attached hydrogen (secondary N) is 1. The fourth-order valence-corrected chi connectivity index (χ4v) is 3.23. The predicted molar refractivity (Wildman–Crippen MR) is 101 cm³/mol. The molecular formula is C17H16BrF2N3O2S. The SMILES string of the molecule is Cc1cc(Br)ccc1NC(=O)CN(C)C(=O)c1cccnc1SC(F)F. The lowest BCUT2D eigenvalue weighted by molar-refractivity contribution is -0.116. The third kappa shape index (κ3) is 5.50. The van der Waals surface area contributed by atoms with E-state index in [4.69, 9.17) is 0 Å². The first-order valence-electron chi connectivity index (χ1n) is 7.49. The average Bonchev–Trinajstić information content (AvgIpc) is 2.56. The number of carbonyl (C=O) groups excluding carboxylic acids is 2. The fourth-order valence-electron chi connectivity index (χ4n) is 2.18. The van der Waals surface area contributed by atoms with Crippen molar-refractivity contribution in [3.8, 4) is 0 Å². The molecule has 0 bridgehead atoms. The number of anilines is 1. The van der Waals surface area contributed by atoms with E-state index >= 15 is 0 Å². The van der Waals surface area contributed by atoms with Gasteiger partial charge in [0, 0.05) is 23.4 Å². The molecule has 2 amide bonds. The topological polar surface area (TPSA) is 62.3 Å². The van der Waals surface area contributed by atoms with Crippen LogP contribution < -0.4 is 5.32 Å². The van der Waals surface area contributed by atoms with Gasteiger partial charge in [-0.3, -0.25) is 9.59 Å². The van der Waals surface area contributed by atoms with Crippen LogP contribution in [0.3, 0.4) is 0 Å². The molecule has 0 fully saturated rings. The highest BCUT2D eigenvalue weighted by Crippen LogP contribution is 2.27. The summed E-state index contributed by atoms with van der Waals surface area (Å²) in [5, 5.41) is 2.66. The van der Waals surface area contributed by atoms with Crippen molar-refractivity contribution in [3.05, 3.63) is 52.1 Å². The first-order valence-corrected chi connectivity index (χ1v) is 9.16. The highest BCUT2D eigenvalue weighted by molar-refractivity contribution is 9.10. The van der Waals surface area contributed by atoms with Crippen molar-refractivity contribution in [2.24, 2.45) is 0 Å². The summed E-state index contributed by atoms with van der Waals surface area (Å²) in [5.41, 5.74) is 1.53. The van der Waals surface area contributed by atoms with Crippen LogP contribution in [0.15, 0.2) is 46.0 Å². The number of amides is 2. The molecule has 1 aromatic carbocycles. The van der Waals surface area contributed by atoms with Crippen molar-refractivity contribution in [2.45, 2.75) is 17.7 Å². The van der Waals surface area contributed by atoms with Crippen molar-refractivity contribution < 1.29 is 18.4 Å². The Morgan fingerprint density at radius 1 is 1.35 bits per heavy atom. The molecule has 0 aliphatic rings. The van der Waals surface area contributed by atoms with E-state index in [0.29, 0.717) is 5.69 Å². The summed E-state index contributed by atoms with van der Waals surface area (Å²) >= 11 is 3.54. The van der Waals surface area contributed by atoms with Crippen LogP contribution >= 0.6 is 27.7 Å². The highest BCUT2D eigenvalue weighted by atomic mass is 79.9. The van der Waals surface area contributed by atoms with Crippen LogP contribution in [0, 0.1) is 6.92 Å². The maximum Gasteiger partial charge on any atom is 0.290 e. The minimum absolute atomic E-state index is 0.0351. The zero-order chi connectivity index (χ0) is 19.3. The molecule has 2 aromatic rings. The van der Waals surface area contributed by atoms with Gasteiger partial charge in [0.1, 0.15) is 5.03 Å². The Morgan fingerprint density at radius 2 is 2.08 bits per heavy atom. The standard InChI is InChI=1S/C17H16BrF2N3O2S/c1-10-8-11(18)5-6-13(10)22-14(24)9-23(2)16(25)12-4-3-7-21-15(12)26-17(19)20/h3-8,17H,9H2,1-2H3,(H,22,24). The maximum atomic E-state index is 12.6. The number of benzene rings is 1. The summed E-state index contributed by atoms with van der Waals surface area (Å²) in [6, 6.07) is 8.29. The van der Waals surface area contributed by atoms with Gasteiger partial charge < -0.3 is 10.2 Å². The van der Waals surface area contributed by atoms with Gasteiger partial charge in [0.15, 0.2) is 0 Å². The average molecular weight is 444 g/mol. The number of rotatable bonds is 6. The molecule has 0 radical (unpaired) electrons. The predicted octanol–water partition coefficient (Wildman–Crippen LogP) is 4.18. The van der Waals surface area contributed by atoms with Crippen LogP contribution in [0.25, 0.3) is 0 Å². The van der Waals surface area contributed by atoms with Crippen LogP contribution in [0.4, 0.5) is 14.5 Å². The quantitative estimate of drug-likeness (QED) is 0.680. The lowest BCUT2D eigenvalue weighted by Gasteiger charge is -2.18. The number of nitrogens with zero attached hydrogens (tertiary/aromatic N) is 2. The third-order valence-corrected chi connectivity index (χ3v) is 4.61. The van der Waals surface area contributed by atoms with Gasteiger partial charge in [-0.25, -0.2) is 4.98 Å². The van der Waals surface area contributed by atoms with E-state index in [-0.39, 0.29) is 28.9 Å².